The van der Waals surface area contributed by atoms with Crippen molar-refractivity contribution in [3.8, 4) is 0 Å². The molecule has 1 N–H and O–H groups in total. The Morgan fingerprint density at radius 1 is 1.36 bits per heavy atom. The van der Waals surface area contributed by atoms with Crippen molar-refractivity contribution >= 4 is 17.3 Å². The fourth-order valence-corrected chi connectivity index (χ4v) is 2.17. The van der Waals surface area contributed by atoms with Crippen molar-refractivity contribution < 1.29 is 4.79 Å². The maximum atomic E-state index is 11.8. The molecule has 1 fully saturated rings. The van der Waals surface area contributed by atoms with Gasteiger partial charge in [0.2, 0.25) is 5.91 Å². The predicted octanol–water partition coefficient (Wildman–Crippen LogP) is 1.61. The molecular formula is C11H12N2O. The van der Waals surface area contributed by atoms with Crippen LogP contribution >= 0.6 is 0 Å². The Morgan fingerprint density at radius 3 is 2.79 bits per heavy atom. The molecule has 14 heavy (non-hydrogen) atoms. The first-order chi connectivity index (χ1) is 6.74. The van der Waals surface area contributed by atoms with Gasteiger partial charge in [0.25, 0.3) is 0 Å². The van der Waals surface area contributed by atoms with Crippen LogP contribution in [0.5, 0.6) is 0 Å². The average Bonchev–Trinajstić information content (AvgIpc) is 2.97. The van der Waals surface area contributed by atoms with E-state index in [0.29, 0.717) is 0 Å². The topological polar surface area (TPSA) is 32.3 Å². The number of carbonyl (C=O) groups is 1. The molecule has 1 aromatic carbocycles. The number of nitrogens with one attached hydrogen (secondary N) is 1. The number of nitrogens with zero attached hydrogens (tertiary/aromatic N) is 1. The minimum atomic E-state index is -0.228. The summed E-state index contributed by atoms with van der Waals surface area (Å²) in [6.45, 7) is 0. The molecule has 0 unspecified atom stereocenters. The highest BCUT2D eigenvalue weighted by atomic mass is 16.2. The van der Waals surface area contributed by atoms with Gasteiger partial charge in [0.1, 0.15) is 5.54 Å². The number of amides is 1. The second kappa shape index (κ2) is 2.29. The van der Waals surface area contributed by atoms with E-state index in [2.05, 4.69) is 16.3 Å². The number of hydrogen-bond donors (Lipinski definition) is 1. The highest BCUT2D eigenvalue weighted by Crippen LogP contribution is 2.48. The highest BCUT2D eigenvalue weighted by Gasteiger charge is 2.55. The molecule has 3 rings (SSSR count). The predicted molar refractivity (Wildman–Crippen MR) is 55.4 cm³/mol. The fraction of sp³-hybridized carbons (Fsp3) is 0.364. The third-order valence-corrected chi connectivity index (χ3v) is 3.30. The Balaban J connectivity index is 2.14. The maximum Gasteiger partial charge on any atom is 0.250 e. The van der Waals surface area contributed by atoms with E-state index in [-0.39, 0.29) is 11.4 Å². The lowest BCUT2D eigenvalue weighted by atomic mass is 10.1. The SMILES string of the molecule is CN1c2ccccc2NC(=O)C12CC2. The number of hydrogen-bond acceptors (Lipinski definition) is 2. The quantitative estimate of drug-likeness (QED) is 0.670. The first-order valence-corrected chi connectivity index (χ1v) is 4.88. The van der Waals surface area contributed by atoms with Gasteiger partial charge in [-0.05, 0) is 25.0 Å². The molecule has 0 atom stereocenters. The Labute approximate surface area is 82.7 Å². The molecule has 0 aromatic heterocycles. The van der Waals surface area contributed by atoms with Crippen LogP contribution in [0.2, 0.25) is 0 Å². The molecule has 2 aliphatic rings. The van der Waals surface area contributed by atoms with E-state index in [1.807, 2.05) is 25.2 Å². The average molecular weight is 188 g/mol. The molecule has 3 nitrogen and oxygen atoms in total. The molecule has 1 aromatic rings. The van der Waals surface area contributed by atoms with Gasteiger partial charge in [0.15, 0.2) is 0 Å². The summed E-state index contributed by atoms with van der Waals surface area (Å²) in [5, 5.41) is 2.96. The Kier molecular flexibility index (Phi) is 1.29. The molecular weight excluding hydrogens is 176 g/mol. The van der Waals surface area contributed by atoms with Gasteiger partial charge >= 0.3 is 0 Å². The van der Waals surface area contributed by atoms with Crippen LogP contribution in [0.15, 0.2) is 24.3 Å². The van der Waals surface area contributed by atoms with Gasteiger partial charge in [-0.15, -0.1) is 0 Å². The second-order valence-electron chi connectivity index (χ2n) is 4.06. The molecule has 1 amide bonds. The van der Waals surface area contributed by atoms with Gasteiger partial charge in [-0.3, -0.25) is 4.79 Å². The van der Waals surface area contributed by atoms with Gasteiger partial charge in [0, 0.05) is 7.05 Å². The number of fused-ring (bicyclic) bond motifs is 1. The monoisotopic (exact) mass is 188 g/mol. The zero-order valence-corrected chi connectivity index (χ0v) is 8.08. The molecule has 0 bridgehead atoms. The number of rotatable bonds is 0. The summed E-state index contributed by atoms with van der Waals surface area (Å²) in [6, 6.07) is 7.94. The Morgan fingerprint density at radius 2 is 2.07 bits per heavy atom. The maximum absolute atomic E-state index is 11.8. The molecule has 0 radical (unpaired) electrons. The summed E-state index contributed by atoms with van der Waals surface area (Å²) in [7, 11) is 2.00. The number of para-hydroxylation sites is 2. The third-order valence-electron chi connectivity index (χ3n) is 3.30. The second-order valence-corrected chi connectivity index (χ2v) is 4.06. The van der Waals surface area contributed by atoms with Crippen molar-refractivity contribution in [3.05, 3.63) is 24.3 Å². The lowest BCUT2D eigenvalue weighted by Crippen LogP contribution is -2.48. The number of benzene rings is 1. The van der Waals surface area contributed by atoms with Crippen LogP contribution in [0.1, 0.15) is 12.8 Å². The van der Waals surface area contributed by atoms with Crippen molar-refractivity contribution in [1.82, 2.24) is 0 Å². The van der Waals surface area contributed by atoms with Crippen LogP contribution in [0, 0.1) is 0 Å². The van der Waals surface area contributed by atoms with E-state index >= 15 is 0 Å². The Bertz CT molecular complexity index is 410. The van der Waals surface area contributed by atoms with Crippen LogP contribution in [-0.4, -0.2) is 18.5 Å². The summed E-state index contributed by atoms with van der Waals surface area (Å²) in [5.74, 6) is 0.152. The van der Waals surface area contributed by atoms with E-state index in [1.54, 1.807) is 0 Å². The summed E-state index contributed by atoms with van der Waals surface area (Å²) in [5.41, 5.74) is 1.83. The summed E-state index contributed by atoms with van der Waals surface area (Å²) in [4.78, 5) is 13.9. The smallest absolute Gasteiger partial charge is 0.250 e. The van der Waals surface area contributed by atoms with Gasteiger partial charge in [-0.2, -0.15) is 0 Å². The van der Waals surface area contributed by atoms with E-state index in [9.17, 15) is 4.79 Å². The van der Waals surface area contributed by atoms with Gasteiger partial charge in [-0.1, -0.05) is 12.1 Å². The van der Waals surface area contributed by atoms with Gasteiger partial charge < -0.3 is 10.2 Å². The lowest BCUT2D eigenvalue weighted by Gasteiger charge is -2.35. The Hall–Kier alpha value is -1.51. The molecule has 1 heterocycles. The fourth-order valence-electron chi connectivity index (χ4n) is 2.17. The largest absolute Gasteiger partial charge is 0.358 e. The van der Waals surface area contributed by atoms with E-state index in [4.69, 9.17) is 0 Å². The molecule has 1 saturated carbocycles. The molecule has 1 spiro atoms. The van der Waals surface area contributed by atoms with Crippen LogP contribution in [0.4, 0.5) is 11.4 Å². The van der Waals surface area contributed by atoms with Gasteiger partial charge in [-0.25, -0.2) is 0 Å². The zero-order valence-electron chi connectivity index (χ0n) is 8.08. The van der Waals surface area contributed by atoms with Crippen LogP contribution in [0.25, 0.3) is 0 Å². The number of anilines is 2. The van der Waals surface area contributed by atoms with Crippen molar-refractivity contribution in [2.75, 3.05) is 17.3 Å². The first-order valence-electron chi connectivity index (χ1n) is 4.88. The van der Waals surface area contributed by atoms with Crippen molar-refractivity contribution in [1.29, 1.82) is 0 Å². The lowest BCUT2D eigenvalue weighted by molar-refractivity contribution is -0.118. The summed E-state index contributed by atoms with van der Waals surface area (Å²) >= 11 is 0. The summed E-state index contributed by atoms with van der Waals surface area (Å²) in [6.07, 6.45) is 1.95. The molecule has 1 aliphatic heterocycles. The molecule has 72 valence electrons. The first kappa shape index (κ1) is 7.85. The van der Waals surface area contributed by atoms with Crippen LogP contribution in [-0.2, 0) is 4.79 Å². The van der Waals surface area contributed by atoms with Crippen molar-refractivity contribution in [2.24, 2.45) is 0 Å². The minimum Gasteiger partial charge on any atom is -0.358 e. The van der Waals surface area contributed by atoms with E-state index in [1.165, 1.54) is 0 Å². The molecule has 0 saturated heterocycles. The molecule has 3 heteroatoms. The zero-order chi connectivity index (χ0) is 9.76. The van der Waals surface area contributed by atoms with Crippen LogP contribution in [0.3, 0.4) is 0 Å². The minimum absolute atomic E-state index is 0.152. The van der Waals surface area contributed by atoms with E-state index < -0.39 is 0 Å². The molecule has 1 aliphatic carbocycles. The van der Waals surface area contributed by atoms with Crippen molar-refractivity contribution in [2.45, 2.75) is 18.4 Å². The van der Waals surface area contributed by atoms with Crippen molar-refractivity contribution in [3.63, 3.8) is 0 Å². The number of likely N-dealkylation sites (N-methyl/N-ethyl adjacent to an activating group) is 1. The highest BCUT2D eigenvalue weighted by molar-refractivity contribution is 6.08. The van der Waals surface area contributed by atoms with Crippen LogP contribution < -0.4 is 10.2 Å². The number of carbonyl (C=O) groups excluding carboxylic acids is 1. The van der Waals surface area contributed by atoms with Gasteiger partial charge in [0.05, 0.1) is 11.4 Å². The summed E-state index contributed by atoms with van der Waals surface area (Å²) < 4.78 is 0. The third kappa shape index (κ3) is 0.794. The van der Waals surface area contributed by atoms with E-state index in [0.717, 1.165) is 24.2 Å². The normalized spacial score (nSPS) is 21.8. The standard InChI is InChI=1S/C11H12N2O/c1-13-9-5-3-2-4-8(9)12-10(14)11(13)6-7-11/h2-5H,6-7H2,1H3,(H,12,14).